The average molecular weight is 556 g/mol. The number of carboxylic acid groups (broad SMARTS) is 1. The van der Waals surface area contributed by atoms with E-state index in [0.717, 1.165) is 65.4 Å². The molecule has 2 saturated heterocycles. The van der Waals surface area contributed by atoms with E-state index < -0.39 is 11.4 Å². The van der Waals surface area contributed by atoms with Crippen LogP contribution in [0.25, 0.3) is 33.3 Å². The second kappa shape index (κ2) is 9.27. The van der Waals surface area contributed by atoms with Crippen LogP contribution in [0.15, 0.2) is 41.6 Å². The Balaban J connectivity index is 1.48. The van der Waals surface area contributed by atoms with E-state index in [1.807, 2.05) is 6.20 Å². The molecule has 2 atom stereocenters. The van der Waals surface area contributed by atoms with Crippen molar-refractivity contribution in [3.05, 3.63) is 69.7 Å². The zero-order chi connectivity index (χ0) is 28.6. The van der Waals surface area contributed by atoms with Crippen molar-refractivity contribution < 1.29 is 14.3 Å². The number of benzene rings is 1. The number of nitrogens with zero attached hydrogens (tertiary/aromatic N) is 5. The first-order chi connectivity index (χ1) is 19.8. The molecule has 7 rings (SSSR count). The number of carbonyl (C=O) groups is 1. The molecule has 10 nitrogen and oxygen atoms in total. The van der Waals surface area contributed by atoms with Gasteiger partial charge in [-0.25, -0.2) is 18.8 Å². The Kier molecular flexibility index (Phi) is 5.75. The third-order valence-corrected chi connectivity index (χ3v) is 8.99. The van der Waals surface area contributed by atoms with E-state index in [1.165, 1.54) is 16.9 Å². The van der Waals surface area contributed by atoms with Gasteiger partial charge in [-0.05, 0) is 55.3 Å². The molecule has 1 aliphatic carbocycles. The predicted molar refractivity (Wildman–Crippen MR) is 156 cm³/mol. The fourth-order valence-corrected chi connectivity index (χ4v) is 6.97. The summed E-state index contributed by atoms with van der Waals surface area (Å²) in [5.74, 6) is -1.11. The van der Waals surface area contributed by atoms with Gasteiger partial charge < -0.3 is 25.6 Å². The SMILES string of the molecule is CNc1cc(F)cc2c1Cc1ncc(-c3cnc4c(c3)c(=O)c(C(=O)O)cn4NC)c(N3C[C@H]4CCN(C)[C@H]4C3)c1-2. The number of carboxylic acids is 1. The number of hydrogen-bond acceptors (Lipinski definition) is 8. The molecule has 41 heavy (non-hydrogen) atoms. The maximum atomic E-state index is 14.9. The molecule has 1 aromatic carbocycles. The smallest absolute Gasteiger partial charge is 0.341 e. The Hall–Kier alpha value is -4.51. The Morgan fingerprint density at radius 2 is 1.95 bits per heavy atom. The molecule has 0 radical (unpaired) electrons. The minimum Gasteiger partial charge on any atom is -0.477 e. The van der Waals surface area contributed by atoms with Crippen LogP contribution in [0.4, 0.5) is 15.8 Å². The summed E-state index contributed by atoms with van der Waals surface area (Å²) in [4.78, 5) is 39.3. The zero-order valence-corrected chi connectivity index (χ0v) is 23.0. The van der Waals surface area contributed by atoms with Crippen molar-refractivity contribution in [2.45, 2.75) is 18.9 Å². The molecule has 3 aliphatic rings. The number of likely N-dealkylation sites (tertiary alicyclic amines) is 1. The molecular formula is C30H30FN7O3. The van der Waals surface area contributed by atoms with Gasteiger partial charge in [0.05, 0.1) is 16.8 Å². The van der Waals surface area contributed by atoms with Crippen LogP contribution in [-0.4, -0.2) is 77.4 Å². The molecule has 0 bridgehead atoms. The van der Waals surface area contributed by atoms with E-state index >= 15 is 0 Å². The topological polar surface area (TPSA) is 116 Å². The lowest BCUT2D eigenvalue weighted by Crippen LogP contribution is -2.32. The van der Waals surface area contributed by atoms with Gasteiger partial charge in [0.25, 0.3) is 0 Å². The van der Waals surface area contributed by atoms with Crippen LogP contribution in [-0.2, 0) is 6.42 Å². The molecule has 11 heteroatoms. The molecule has 3 N–H and O–H groups in total. The van der Waals surface area contributed by atoms with Gasteiger partial charge in [-0.1, -0.05) is 0 Å². The molecule has 4 aromatic rings. The van der Waals surface area contributed by atoms with Crippen LogP contribution < -0.4 is 21.1 Å². The second-order valence-corrected chi connectivity index (χ2v) is 11.1. The number of anilines is 2. The van der Waals surface area contributed by atoms with Crippen molar-refractivity contribution in [3.8, 4) is 22.3 Å². The number of aromatic carboxylic acids is 1. The third kappa shape index (κ3) is 3.79. The second-order valence-electron chi connectivity index (χ2n) is 11.1. The van der Waals surface area contributed by atoms with Gasteiger partial charge in [-0.2, -0.15) is 0 Å². The molecule has 2 aliphatic heterocycles. The van der Waals surface area contributed by atoms with Gasteiger partial charge in [0.15, 0.2) is 5.65 Å². The Morgan fingerprint density at radius 1 is 1.12 bits per heavy atom. The lowest BCUT2D eigenvalue weighted by Gasteiger charge is -2.27. The summed E-state index contributed by atoms with van der Waals surface area (Å²) >= 11 is 0. The van der Waals surface area contributed by atoms with E-state index in [-0.39, 0.29) is 16.8 Å². The highest BCUT2D eigenvalue weighted by molar-refractivity contribution is 5.98. The summed E-state index contributed by atoms with van der Waals surface area (Å²) in [7, 11) is 5.58. The number of aromatic nitrogens is 3. The number of fused-ring (bicyclic) bond motifs is 5. The predicted octanol–water partition coefficient (Wildman–Crippen LogP) is 3.22. The molecule has 210 valence electrons. The number of rotatable bonds is 5. The van der Waals surface area contributed by atoms with E-state index in [0.29, 0.717) is 29.6 Å². The minimum atomic E-state index is -1.31. The van der Waals surface area contributed by atoms with Gasteiger partial charge in [-0.3, -0.25) is 9.78 Å². The number of likely N-dealkylation sites (N-methyl/N-ethyl adjacent to an activating group) is 1. The highest BCUT2D eigenvalue weighted by atomic mass is 19.1. The first-order valence-corrected chi connectivity index (χ1v) is 13.7. The Morgan fingerprint density at radius 3 is 2.68 bits per heavy atom. The standard InChI is InChI=1S/C30H30FN7O3/c1-32-23-8-17(31)7-19-18(23)9-24-26(19)27(37-12-15-4-5-36(3)25(15)14-37)21(11-34-24)16-6-20-28(39)22(30(40)41)13-38(33-2)29(20)35-10-16/h6-8,10-11,13,15,25,32-33H,4-5,9,12,14H2,1-3H3,(H,40,41)/t15-,25+/m1/s1. The van der Waals surface area contributed by atoms with Crippen LogP contribution in [0, 0.1) is 11.7 Å². The molecule has 0 spiro atoms. The summed E-state index contributed by atoms with van der Waals surface area (Å²) in [6, 6.07) is 5.22. The van der Waals surface area contributed by atoms with Gasteiger partial charge in [0.1, 0.15) is 11.4 Å². The van der Waals surface area contributed by atoms with Gasteiger partial charge in [0.2, 0.25) is 5.43 Å². The monoisotopic (exact) mass is 555 g/mol. The molecular weight excluding hydrogens is 525 g/mol. The quantitative estimate of drug-likeness (QED) is 0.301. The van der Waals surface area contributed by atoms with Crippen molar-refractivity contribution in [2.24, 2.45) is 5.92 Å². The summed E-state index contributed by atoms with van der Waals surface area (Å²) in [5.41, 5.74) is 8.98. The van der Waals surface area contributed by atoms with E-state index in [4.69, 9.17) is 4.98 Å². The average Bonchev–Trinajstić information content (AvgIpc) is 3.66. The maximum Gasteiger partial charge on any atom is 0.341 e. The largest absolute Gasteiger partial charge is 0.477 e. The van der Waals surface area contributed by atoms with E-state index in [1.54, 1.807) is 32.4 Å². The van der Waals surface area contributed by atoms with E-state index in [9.17, 15) is 19.1 Å². The number of pyridine rings is 3. The highest BCUT2D eigenvalue weighted by Gasteiger charge is 2.42. The summed E-state index contributed by atoms with van der Waals surface area (Å²) in [5, 5.41) is 13.0. The Bertz CT molecular complexity index is 1820. The fourth-order valence-electron chi connectivity index (χ4n) is 6.97. The van der Waals surface area contributed by atoms with Crippen molar-refractivity contribution in [2.75, 3.05) is 56.4 Å². The minimum absolute atomic E-state index is 0.185. The summed E-state index contributed by atoms with van der Waals surface area (Å²) in [6.45, 7) is 2.76. The highest BCUT2D eigenvalue weighted by Crippen LogP contribution is 2.50. The van der Waals surface area contributed by atoms with Crippen molar-refractivity contribution in [1.82, 2.24) is 19.5 Å². The normalized spacial score (nSPS) is 19.4. The summed E-state index contributed by atoms with van der Waals surface area (Å²) in [6.07, 6.45) is 6.45. The maximum absolute atomic E-state index is 14.9. The lowest BCUT2D eigenvalue weighted by molar-refractivity contribution is 0.0695. The van der Waals surface area contributed by atoms with Crippen LogP contribution in [0.1, 0.15) is 28.0 Å². The Labute approximate surface area is 235 Å². The first-order valence-electron chi connectivity index (χ1n) is 13.7. The van der Waals surface area contributed by atoms with Crippen LogP contribution >= 0.6 is 0 Å². The van der Waals surface area contributed by atoms with Crippen LogP contribution in [0.2, 0.25) is 0 Å². The third-order valence-electron chi connectivity index (χ3n) is 8.99. The molecule has 0 saturated carbocycles. The van der Waals surface area contributed by atoms with Crippen LogP contribution in [0.3, 0.4) is 0 Å². The van der Waals surface area contributed by atoms with Gasteiger partial charge in [0, 0.05) is 80.6 Å². The first kappa shape index (κ1) is 25.5. The number of halogens is 1. The molecule has 0 amide bonds. The number of nitrogens with one attached hydrogen (secondary N) is 2. The zero-order valence-electron chi connectivity index (χ0n) is 23.0. The van der Waals surface area contributed by atoms with Gasteiger partial charge >= 0.3 is 5.97 Å². The lowest BCUT2D eigenvalue weighted by atomic mass is 9.97. The molecule has 5 heterocycles. The van der Waals surface area contributed by atoms with Gasteiger partial charge in [-0.15, -0.1) is 0 Å². The van der Waals surface area contributed by atoms with Crippen molar-refractivity contribution in [1.29, 1.82) is 0 Å². The van der Waals surface area contributed by atoms with Crippen LogP contribution in [0.5, 0.6) is 0 Å². The van der Waals surface area contributed by atoms with Crippen molar-refractivity contribution >= 4 is 28.4 Å². The fraction of sp³-hybridized carbons (Fsp3) is 0.333. The molecule has 3 aromatic heterocycles. The van der Waals surface area contributed by atoms with Crippen molar-refractivity contribution in [3.63, 3.8) is 0 Å². The number of hydrogen-bond donors (Lipinski definition) is 3. The molecule has 2 fully saturated rings. The molecule has 0 unspecified atom stereocenters. The summed E-state index contributed by atoms with van der Waals surface area (Å²) < 4.78 is 16.3. The van der Waals surface area contributed by atoms with E-state index in [2.05, 4.69) is 32.6 Å².